The minimum atomic E-state index is -4.76. The maximum absolute atomic E-state index is 12.6. The number of hydrogen-bond donors (Lipinski definition) is 3. The lowest BCUT2D eigenvalue weighted by Crippen LogP contribution is -2.34. The van der Waals surface area contributed by atoms with Crippen LogP contribution in [0.2, 0.25) is 0 Å². The molecule has 0 aromatic carbocycles. The Balaban J connectivity index is 2.40. The molecule has 0 bridgehead atoms. The molecule has 0 aromatic heterocycles. The van der Waals surface area contributed by atoms with Crippen molar-refractivity contribution >= 4 is 25.7 Å². The largest absolute Gasteiger partial charge is 0.480 e. The van der Waals surface area contributed by atoms with Gasteiger partial charge >= 0.3 is 25.7 Å². The molecule has 1 heterocycles. The smallest absolute Gasteiger partial charge is 0.472 e. The standard InChI is InChI=1S/C46H72NO11P/c1-3-5-7-9-11-13-14-15-16-17-18-19-20-22-24-26-32-36-45(49)57-40(38-55-59(52,53)56-39-41(47)46(50)51)37-54-44(48)35-31-28-27-30-34-43-42(58-43)33-29-25-23-21-12-10-8-6-4-2/h5,7,11-13,15-16,18-19,21-22,24-25,27,29-30,40-43H,3-4,6,8-10,14,17,20,23,26,28,31-39,47H2,1-2H3,(H,50,51)(H,52,53)/b7-5-,13-11-,16-15-,19-18-,21-12-,24-22-,29-25-,30-27-/t40-,41+,42?,43?/m1/s1. The van der Waals surface area contributed by atoms with Crippen LogP contribution in [0, 0.1) is 0 Å². The van der Waals surface area contributed by atoms with Gasteiger partial charge in [-0.2, -0.15) is 0 Å². The minimum Gasteiger partial charge on any atom is -0.480 e. The van der Waals surface area contributed by atoms with Gasteiger partial charge in [0, 0.05) is 12.8 Å². The highest BCUT2D eigenvalue weighted by molar-refractivity contribution is 7.47. The fraction of sp³-hybridized carbons (Fsp3) is 0.587. The molecule has 332 valence electrons. The first-order valence-electron chi connectivity index (χ1n) is 21.4. The topological polar surface area (TPSA) is 184 Å². The van der Waals surface area contributed by atoms with Crippen LogP contribution in [0.3, 0.4) is 0 Å². The Morgan fingerprint density at radius 1 is 0.627 bits per heavy atom. The van der Waals surface area contributed by atoms with E-state index < -0.39 is 57.7 Å². The van der Waals surface area contributed by atoms with Crippen LogP contribution in [-0.2, 0) is 42.2 Å². The summed E-state index contributed by atoms with van der Waals surface area (Å²) in [5, 5.41) is 8.89. The molecular weight excluding hydrogens is 773 g/mol. The summed E-state index contributed by atoms with van der Waals surface area (Å²) < 4.78 is 38.3. The number of allylic oxidation sites excluding steroid dienone is 14. The summed E-state index contributed by atoms with van der Waals surface area (Å²) in [6.07, 6.45) is 48.0. The van der Waals surface area contributed by atoms with Crippen LogP contribution in [0.15, 0.2) is 97.2 Å². The Morgan fingerprint density at radius 3 is 1.63 bits per heavy atom. The molecule has 0 radical (unpaired) electrons. The second-order valence-electron chi connectivity index (χ2n) is 14.1. The minimum absolute atomic E-state index is 0.0615. The van der Waals surface area contributed by atoms with Crippen molar-refractivity contribution in [3.05, 3.63) is 97.2 Å². The van der Waals surface area contributed by atoms with Crippen molar-refractivity contribution < 1.29 is 52.2 Å². The summed E-state index contributed by atoms with van der Waals surface area (Å²) in [4.78, 5) is 46.0. The van der Waals surface area contributed by atoms with Crippen molar-refractivity contribution in [2.24, 2.45) is 5.73 Å². The van der Waals surface area contributed by atoms with Crippen LogP contribution in [0.5, 0.6) is 0 Å². The van der Waals surface area contributed by atoms with Gasteiger partial charge in [-0.25, -0.2) is 4.57 Å². The number of carbonyl (C=O) groups is 3. The van der Waals surface area contributed by atoms with Crippen molar-refractivity contribution in [2.75, 3.05) is 19.8 Å². The Labute approximate surface area is 353 Å². The lowest BCUT2D eigenvalue weighted by Gasteiger charge is -2.20. The third-order valence-corrected chi connectivity index (χ3v) is 9.67. The van der Waals surface area contributed by atoms with E-state index >= 15 is 0 Å². The molecule has 1 saturated heterocycles. The van der Waals surface area contributed by atoms with Gasteiger partial charge in [0.05, 0.1) is 25.4 Å². The van der Waals surface area contributed by atoms with Crippen LogP contribution in [0.25, 0.3) is 0 Å². The molecule has 0 saturated carbocycles. The summed E-state index contributed by atoms with van der Waals surface area (Å²) in [5.41, 5.74) is 5.32. The fourth-order valence-electron chi connectivity index (χ4n) is 5.25. The number of carboxylic acid groups (broad SMARTS) is 1. The van der Waals surface area contributed by atoms with Gasteiger partial charge in [0.15, 0.2) is 6.10 Å². The number of carboxylic acids is 1. The lowest BCUT2D eigenvalue weighted by molar-refractivity contribution is -0.161. The van der Waals surface area contributed by atoms with Crippen LogP contribution >= 0.6 is 7.82 Å². The number of epoxide rings is 1. The number of esters is 2. The second-order valence-corrected chi connectivity index (χ2v) is 15.6. The van der Waals surface area contributed by atoms with E-state index in [1.807, 2.05) is 18.2 Å². The van der Waals surface area contributed by atoms with Crippen molar-refractivity contribution in [1.29, 1.82) is 0 Å². The van der Waals surface area contributed by atoms with E-state index in [2.05, 4.69) is 97.4 Å². The Morgan fingerprint density at radius 2 is 1.08 bits per heavy atom. The molecule has 0 amide bonds. The number of nitrogens with two attached hydrogens (primary N) is 1. The first-order chi connectivity index (χ1) is 28.6. The van der Waals surface area contributed by atoms with Crippen LogP contribution < -0.4 is 5.73 Å². The molecule has 0 spiro atoms. The SMILES string of the molecule is CC/C=C\C/C=C\C/C=C\C/C=C\C/C=C\CCCC(=O)O[C@H](COC(=O)CCC/C=C\CC1OC1C/C=C\C/C=C\CCCCC)COP(=O)(O)OC[C@H](N)C(=O)O. The molecule has 12 nitrogen and oxygen atoms in total. The molecule has 0 aromatic rings. The normalized spacial score (nSPS) is 18.1. The van der Waals surface area contributed by atoms with Crippen molar-refractivity contribution in [3.8, 4) is 0 Å². The third-order valence-electron chi connectivity index (χ3n) is 8.72. The summed E-state index contributed by atoms with van der Waals surface area (Å²) in [6.45, 7) is 2.50. The Bertz CT molecular complexity index is 1430. The van der Waals surface area contributed by atoms with E-state index in [9.17, 15) is 23.8 Å². The van der Waals surface area contributed by atoms with Gasteiger partial charge in [0.2, 0.25) is 0 Å². The first-order valence-corrected chi connectivity index (χ1v) is 22.9. The Kier molecular flexibility index (Phi) is 32.8. The van der Waals surface area contributed by atoms with E-state index in [-0.39, 0.29) is 25.0 Å². The number of aliphatic carboxylic acids is 1. The van der Waals surface area contributed by atoms with E-state index in [0.717, 1.165) is 57.8 Å². The number of ether oxygens (including phenoxy) is 3. The second kappa shape index (κ2) is 36.2. The maximum Gasteiger partial charge on any atom is 0.472 e. The first kappa shape index (κ1) is 53.4. The Hall–Kier alpha value is -3.64. The van der Waals surface area contributed by atoms with Crippen molar-refractivity contribution in [1.82, 2.24) is 0 Å². The molecule has 3 unspecified atom stereocenters. The van der Waals surface area contributed by atoms with Crippen molar-refractivity contribution in [2.45, 2.75) is 154 Å². The van der Waals surface area contributed by atoms with E-state index in [0.29, 0.717) is 25.7 Å². The zero-order valence-electron chi connectivity index (χ0n) is 35.5. The number of phosphoric acid groups is 1. The molecular formula is C46H72NO11P. The fourth-order valence-corrected chi connectivity index (χ4v) is 6.03. The summed E-state index contributed by atoms with van der Waals surface area (Å²) in [5.74, 6) is -2.55. The van der Waals surface area contributed by atoms with Gasteiger partial charge in [-0.1, -0.05) is 124 Å². The summed E-state index contributed by atoms with van der Waals surface area (Å²) in [7, 11) is -4.76. The van der Waals surface area contributed by atoms with Gasteiger partial charge in [0.1, 0.15) is 12.6 Å². The zero-order chi connectivity index (χ0) is 43.2. The van der Waals surface area contributed by atoms with Gasteiger partial charge in [0.25, 0.3) is 0 Å². The van der Waals surface area contributed by atoms with E-state index in [1.54, 1.807) is 0 Å². The van der Waals surface area contributed by atoms with E-state index in [1.165, 1.54) is 19.3 Å². The predicted molar refractivity (Wildman–Crippen MR) is 234 cm³/mol. The van der Waals surface area contributed by atoms with Gasteiger partial charge in [-0.3, -0.25) is 23.4 Å². The molecule has 4 N–H and O–H groups in total. The predicted octanol–water partition coefficient (Wildman–Crippen LogP) is 10.3. The van der Waals surface area contributed by atoms with Crippen LogP contribution in [0.4, 0.5) is 0 Å². The molecule has 5 atom stereocenters. The number of hydrogen-bond acceptors (Lipinski definition) is 10. The van der Waals surface area contributed by atoms with Crippen LogP contribution in [-0.4, -0.2) is 72.1 Å². The quantitative estimate of drug-likeness (QED) is 0.0177. The molecule has 0 aliphatic carbocycles. The zero-order valence-corrected chi connectivity index (χ0v) is 36.4. The number of carbonyl (C=O) groups excluding carboxylic acids is 2. The highest BCUT2D eigenvalue weighted by atomic mass is 31.2. The van der Waals surface area contributed by atoms with Gasteiger partial charge in [-0.15, -0.1) is 0 Å². The lowest BCUT2D eigenvalue weighted by atomic mass is 10.1. The molecule has 1 aliphatic heterocycles. The molecule has 13 heteroatoms. The average Bonchev–Trinajstić information content (AvgIpc) is 3.97. The molecule has 1 rings (SSSR count). The number of unbranched alkanes of at least 4 members (excludes halogenated alkanes) is 5. The number of phosphoric ester groups is 1. The molecule has 1 fully saturated rings. The van der Waals surface area contributed by atoms with Gasteiger partial charge in [-0.05, 0) is 89.9 Å². The highest BCUT2D eigenvalue weighted by Crippen LogP contribution is 2.43. The number of rotatable bonds is 37. The average molecular weight is 846 g/mol. The van der Waals surface area contributed by atoms with E-state index in [4.69, 9.17) is 29.6 Å². The summed E-state index contributed by atoms with van der Waals surface area (Å²) in [6, 6.07) is -1.55. The third kappa shape index (κ3) is 33.8. The highest BCUT2D eigenvalue weighted by Gasteiger charge is 2.36. The molecule has 1 aliphatic rings. The summed E-state index contributed by atoms with van der Waals surface area (Å²) >= 11 is 0. The van der Waals surface area contributed by atoms with Gasteiger partial charge < -0.3 is 29.9 Å². The maximum atomic E-state index is 12.6. The molecule has 59 heavy (non-hydrogen) atoms. The monoisotopic (exact) mass is 845 g/mol. The van der Waals surface area contributed by atoms with Crippen LogP contribution in [0.1, 0.15) is 129 Å². The van der Waals surface area contributed by atoms with Crippen molar-refractivity contribution in [3.63, 3.8) is 0 Å².